The quantitative estimate of drug-likeness (QED) is 0.852. The van der Waals surface area contributed by atoms with Crippen LogP contribution >= 0.6 is 23.1 Å². The Kier molecular flexibility index (Phi) is 4.37. The Hall–Kier alpha value is -0.910. The average Bonchev–Trinajstić information content (AvgIpc) is 2.83. The molecule has 2 aromatic rings. The van der Waals surface area contributed by atoms with Crippen molar-refractivity contribution < 1.29 is 8.78 Å². The van der Waals surface area contributed by atoms with Crippen LogP contribution in [0.2, 0.25) is 0 Å². The van der Waals surface area contributed by atoms with Crippen LogP contribution in [0.1, 0.15) is 17.7 Å². The minimum atomic E-state index is -0.827. The fourth-order valence-corrected chi connectivity index (χ4v) is 3.50. The maximum atomic E-state index is 13.2. The lowest BCUT2D eigenvalue weighted by molar-refractivity contribution is 0.506. The SMILES string of the molecule is CC(N)C(Sc1ccc(F)c(F)c1)c1ccsc1. The van der Waals surface area contributed by atoms with Crippen LogP contribution in [0.4, 0.5) is 8.78 Å². The van der Waals surface area contributed by atoms with Crippen LogP contribution in [0.25, 0.3) is 0 Å². The van der Waals surface area contributed by atoms with Crippen LogP contribution in [0.15, 0.2) is 39.9 Å². The minimum absolute atomic E-state index is 0.0427. The first kappa shape index (κ1) is 13.5. The Morgan fingerprint density at radius 3 is 2.56 bits per heavy atom. The Morgan fingerprint density at radius 1 is 1.22 bits per heavy atom. The molecule has 1 aromatic carbocycles. The van der Waals surface area contributed by atoms with E-state index in [1.165, 1.54) is 17.8 Å². The van der Waals surface area contributed by atoms with Crippen LogP contribution in [0.3, 0.4) is 0 Å². The van der Waals surface area contributed by atoms with Crippen LogP contribution in [0.5, 0.6) is 0 Å². The van der Waals surface area contributed by atoms with E-state index in [1.54, 1.807) is 17.4 Å². The molecular weight excluding hydrogens is 272 g/mol. The summed E-state index contributed by atoms with van der Waals surface area (Å²) in [7, 11) is 0. The summed E-state index contributed by atoms with van der Waals surface area (Å²) in [6, 6.07) is 5.86. The summed E-state index contributed by atoms with van der Waals surface area (Å²) < 4.78 is 26.0. The fourth-order valence-electron chi connectivity index (χ4n) is 1.61. The Morgan fingerprint density at radius 2 is 2.00 bits per heavy atom. The third kappa shape index (κ3) is 3.10. The smallest absolute Gasteiger partial charge is 0.159 e. The summed E-state index contributed by atoms with van der Waals surface area (Å²) >= 11 is 3.05. The highest BCUT2D eigenvalue weighted by molar-refractivity contribution is 7.99. The summed E-state index contributed by atoms with van der Waals surface area (Å²) in [6.07, 6.45) is 0. The highest BCUT2D eigenvalue weighted by atomic mass is 32.2. The molecule has 2 N–H and O–H groups in total. The third-order valence-corrected chi connectivity index (χ3v) is 4.69. The van der Waals surface area contributed by atoms with Gasteiger partial charge in [-0.15, -0.1) is 11.8 Å². The number of thioether (sulfide) groups is 1. The van der Waals surface area contributed by atoms with E-state index in [0.717, 1.165) is 11.6 Å². The average molecular weight is 285 g/mol. The number of hydrogen-bond donors (Lipinski definition) is 1. The number of halogens is 2. The molecule has 0 saturated carbocycles. The largest absolute Gasteiger partial charge is 0.327 e. The minimum Gasteiger partial charge on any atom is -0.327 e. The molecule has 2 unspecified atom stereocenters. The highest BCUT2D eigenvalue weighted by Crippen LogP contribution is 2.38. The molecule has 0 bridgehead atoms. The molecule has 2 atom stereocenters. The van der Waals surface area contributed by atoms with Crippen molar-refractivity contribution in [2.24, 2.45) is 5.73 Å². The van der Waals surface area contributed by atoms with Crippen LogP contribution in [-0.2, 0) is 0 Å². The monoisotopic (exact) mass is 285 g/mol. The van der Waals surface area contributed by atoms with E-state index in [4.69, 9.17) is 5.73 Å². The van der Waals surface area contributed by atoms with E-state index in [0.29, 0.717) is 4.90 Å². The molecule has 0 radical (unpaired) electrons. The maximum Gasteiger partial charge on any atom is 0.159 e. The van der Waals surface area contributed by atoms with Crippen molar-refractivity contribution in [2.45, 2.75) is 23.1 Å². The van der Waals surface area contributed by atoms with Crippen LogP contribution < -0.4 is 5.73 Å². The van der Waals surface area contributed by atoms with E-state index in [9.17, 15) is 8.78 Å². The van der Waals surface area contributed by atoms with Gasteiger partial charge < -0.3 is 5.73 Å². The van der Waals surface area contributed by atoms with Crippen LogP contribution in [-0.4, -0.2) is 6.04 Å². The van der Waals surface area contributed by atoms with Gasteiger partial charge in [-0.25, -0.2) is 8.78 Å². The zero-order valence-electron chi connectivity index (χ0n) is 9.77. The molecule has 96 valence electrons. The van der Waals surface area contributed by atoms with E-state index >= 15 is 0 Å². The van der Waals surface area contributed by atoms with Crippen molar-refractivity contribution in [1.29, 1.82) is 0 Å². The Bertz CT molecular complexity index is 512. The van der Waals surface area contributed by atoms with Crippen molar-refractivity contribution >= 4 is 23.1 Å². The van der Waals surface area contributed by atoms with Crippen molar-refractivity contribution in [3.63, 3.8) is 0 Å². The van der Waals surface area contributed by atoms with Crippen molar-refractivity contribution in [3.8, 4) is 0 Å². The zero-order valence-corrected chi connectivity index (χ0v) is 11.4. The summed E-state index contributed by atoms with van der Waals surface area (Å²) in [6.45, 7) is 1.91. The number of thiophene rings is 1. The number of benzene rings is 1. The van der Waals surface area contributed by atoms with Gasteiger partial charge in [0.05, 0.1) is 5.25 Å². The Balaban J connectivity index is 2.21. The predicted molar refractivity (Wildman–Crippen MR) is 72.9 cm³/mol. The molecule has 0 saturated heterocycles. The highest BCUT2D eigenvalue weighted by Gasteiger charge is 2.18. The number of rotatable bonds is 4. The van der Waals surface area contributed by atoms with Gasteiger partial charge >= 0.3 is 0 Å². The Labute approximate surface area is 113 Å². The molecule has 0 amide bonds. The van der Waals surface area contributed by atoms with E-state index in [1.807, 2.05) is 23.8 Å². The van der Waals surface area contributed by atoms with Gasteiger partial charge in [-0.3, -0.25) is 0 Å². The van der Waals surface area contributed by atoms with Gasteiger partial charge in [0.1, 0.15) is 0 Å². The summed E-state index contributed by atoms with van der Waals surface area (Å²) in [5, 5.41) is 4.05. The third-order valence-electron chi connectivity index (χ3n) is 2.50. The first-order chi connectivity index (χ1) is 8.58. The molecule has 0 aliphatic rings. The van der Waals surface area contributed by atoms with E-state index in [2.05, 4.69) is 0 Å². The number of nitrogens with two attached hydrogens (primary N) is 1. The van der Waals surface area contributed by atoms with Crippen molar-refractivity contribution in [3.05, 3.63) is 52.2 Å². The maximum absolute atomic E-state index is 13.2. The summed E-state index contributed by atoms with van der Waals surface area (Å²) in [5.74, 6) is -1.65. The van der Waals surface area contributed by atoms with Crippen molar-refractivity contribution in [2.75, 3.05) is 0 Å². The topological polar surface area (TPSA) is 26.0 Å². The second-order valence-electron chi connectivity index (χ2n) is 4.03. The van der Waals surface area contributed by atoms with Gasteiger partial charge in [-0.2, -0.15) is 11.3 Å². The lowest BCUT2D eigenvalue weighted by atomic mass is 10.1. The molecule has 0 aliphatic heterocycles. The molecule has 18 heavy (non-hydrogen) atoms. The lowest BCUT2D eigenvalue weighted by Crippen LogP contribution is -2.22. The summed E-state index contributed by atoms with van der Waals surface area (Å²) in [5.41, 5.74) is 7.08. The van der Waals surface area contributed by atoms with Gasteiger partial charge in [0.15, 0.2) is 11.6 Å². The first-order valence-corrected chi connectivity index (χ1v) is 7.29. The van der Waals surface area contributed by atoms with E-state index in [-0.39, 0.29) is 11.3 Å². The molecule has 1 aromatic heterocycles. The predicted octanol–water partition coefficient (Wildman–Crippen LogP) is 4.21. The molecule has 0 fully saturated rings. The zero-order chi connectivity index (χ0) is 13.1. The van der Waals surface area contributed by atoms with Gasteiger partial charge in [0.2, 0.25) is 0 Å². The standard InChI is InChI=1S/C13H13F2NS2/c1-8(16)13(9-4-5-17-7-9)18-10-2-3-11(14)12(15)6-10/h2-8,13H,16H2,1H3. The molecule has 0 aliphatic carbocycles. The van der Waals surface area contributed by atoms with Crippen LogP contribution in [0, 0.1) is 11.6 Å². The molecule has 0 spiro atoms. The van der Waals surface area contributed by atoms with Gasteiger partial charge in [-0.05, 0) is 47.5 Å². The summed E-state index contributed by atoms with van der Waals surface area (Å²) in [4.78, 5) is 0.683. The van der Waals surface area contributed by atoms with Gasteiger partial charge in [0, 0.05) is 10.9 Å². The second-order valence-corrected chi connectivity index (χ2v) is 6.03. The number of hydrogen-bond acceptors (Lipinski definition) is 3. The van der Waals surface area contributed by atoms with E-state index < -0.39 is 11.6 Å². The molecule has 1 nitrogen and oxygen atoms in total. The normalized spacial score (nSPS) is 14.4. The van der Waals surface area contributed by atoms with Gasteiger partial charge in [0.25, 0.3) is 0 Å². The van der Waals surface area contributed by atoms with Crippen molar-refractivity contribution in [1.82, 2.24) is 0 Å². The molecule has 1 heterocycles. The molecule has 5 heteroatoms. The molecule has 2 rings (SSSR count). The van der Waals surface area contributed by atoms with Gasteiger partial charge in [-0.1, -0.05) is 0 Å². The molecular formula is C13H13F2NS2. The second kappa shape index (κ2) is 5.82. The lowest BCUT2D eigenvalue weighted by Gasteiger charge is -2.19. The first-order valence-electron chi connectivity index (χ1n) is 5.47. The fraction of sp³-hybridized carbons (Fsp3) is 0.231.